The Morgan fingerprint density at radius 2 is 1.90 bits per heavy atom. The topological polar surface area (TPSA) is 40.5 Å². The summed E-state index contributed by atoms with van der Waals surface area (Å²) in [5, 5.41) is 9.74. The van der Waals surface area contributed by atoms with Gasteiger partial charge in [0.1, 0.15) is 5.75 Å². The Labute approximate surface area is 121 Å². The Morgan fingerprint density at radius 1 is 1.30 bits per heavy atom. The molecule has 110 valence electrons. The number of phenols is 1. The molecule has 1 N–H and O–H groups in total. The Morgan fingerprint density at radius 3 is 2.50 bits per heavy atom. The van der Waals surface area contributed by atoms with Gasteiger partial charge in [-0.3, -0.25) is 4.79 Å². The van der Waals surface area contributed by atoms with Crippen LogP contribution in [0.2, 0.25) is 0 Å². The number of carbonyl (C=O) groups excluding carboxylic acids is 1. The van der Waals surface area contributed by atoms with Gasteiger partial charge in [-0.25, -0.2) is 0 Å². The SMILES string of the molecule is Cc1c(O)cccc1C(=O)N(C)C1CCC(C)(C)CC1. The maximum atomic E-state index is 12.6. The molecule has 3 nitrogen and oxygen atoms in total. The van der Waals surface area contributed by atoms with Gasteiger partial charge in [0.2, 0.25) is 0 Å². The lowest BCUT2D eigenvalue weighted by Crippen LogP contribution is -2.41. The molecule has 0 spiro atoms. The molecule has 0 unspecified atom stereocenters. The number of hydrogen-bond acceptors (Lipinski definition) is 2. The molecule has 0 aromatic heterocycles. The fraction of sp³-hybridized carbons (Fsp3) is 0.588. The van der Waals surface area contributed by atoms with Gasteiger partial charge in [0.25, 0.3) is 5.91 Å². The van der Waals surface area contributed by atoms with E-state index in [1.807, 2.05) is 11.9 Å². The van der Waals surface area contributed by atoms with E-state index in [1.54, 1.807) is 25.1 Å². The minimum atomic E-state index is 0.0168. The van der Waals surface area contributed by atoms with Crippen molar-refractivity contribution in [1.29, 1.82) is 0 Å². The van der Waals surface area contributed by atoms with Gasteiger partial charge in [-0.15, -0.1) is 0 Å². The number of benzene rings is 1. The second kappa shape index (κ2) is 5.47. The molecule has 2 rings (SSSR count). The number of hydrogen-bond donors (Lipinski definition) is 1. The molecule has 1 fully saturated rings. The van der Waals surface area contributed by atoms with E-state index >= 15 is 0 Å². The normalized spacial score (nSPS) is 18.8. The van der Waals surface area contributed by atoms with E-state index in [0.29, 0.717) is 22.6 Å². The molecule has 1 aromatic carbocycles. The zero-order valence-electron chi connectivity index (χ0n) is 12.9. The minimum Gasteiger partial charge on any atom is -0.508 e. The van der Waals surface area contributed by atoms with E-state index in [2.05, 4.69) is 13.8 Å². The number of nitrogens with zero attached hydrogens (tertiary/aromatic N) is 1. The van der Waals surface area contributed by atoms with Crippen LogP contribution >= 0.6 is 0 Å². The molecule has 1 aliphatic rings. The Balaban J connectivity index is 2.11. The maximum Gasteiger partial charge on any atom is 0.254 e. The van der Waals surface area contributed by atoms with Crippen LogP contribution in [0.4, 0.5) is 0 Å². The molecule has 1 amide bonds. The van der Waals surface area contributed by atoms with Gasteiger partial charge in [-0.05, 0) is 50.2 Å². The van der Waals surface area contributed by atoms with E-state index in [1.165, 1.54) is 0 Å². The average Bonchev–Trinajstić information content (AvgIpc) is 2.40. The lowest BCUT2D eigenvalue weighted by atomic mass is 9.75. The molecule has 0 bridgehead atoms. The van der Waals surface area contributed by atoms with Crippen LogP contribution in [-0.4, -0.2) is 29.0 Å². The molecule has 0 saturated heterocycles. The van der Waals surface area contributed by atoms with Crippen LogP contribution in [0.1, 0.15) is 55.5 Å². The number of phenolic OH excluding ortho intramolecular Hbond substituents is 1. The molecular weight excluding hydrogens is 250 g/mol. The summed E-state index contributed by atoms with van der Waals surface area (Å²) in [6, 6.07) is 5.46. The molecular formula is C17H25NO2. The first-order chi connectivity index (χ1) is 9.32. The highest BCUT2D eigenvalue weighted by atomic mass is 16.3. The lowest BCUT2D eigenvalue weighted by molar-refractivity contribution is 0.0634. The summed E-state index contributed by atoms with van der Waals surface area (Å²) in [6.07, 6.45) is 4.45. The Hall–Kier alpha value is -1.51. The highest BCUT2D eigenvalue weighted by molar-refractivity contribution is 5.96. The van der Waals surface area contributed by atoms with Crippen LogP contribution < -0.4 is 0 Å². The minimum absolute atomic E-state index is 0.0168. The van der Waals surface area contributed by atoms with Crippen LogP contribution in [0.3, 0.4) is 0 Å². The summed E-state index contributed by atoms with van der Waals surface area (Å²) in [5.41, 5.74) is 1.68. The molecule has 20 heavy (non-hydrogen) atoms. The Bertz CT molecular complexity index is 498. The van der Waals surface area contributed by atoms with Crippen molar-refractivity contribution < 1.29 is 9.90 Å². The fourth-order valence-corrected chi connectivity index (χ4v) is 2.98. The van der Waals surface area contributed by atoms with E-state index in [-0.39, 0.29) is 11.7 Å². The summed E-state index contributed by atoms with van der Waals surface area (Å²) >= 11 is 0. The molecule has 1 saturated carbocycles. The van der Waals surface area contributed by atoms with Crippen molar-refractivity contribution in [1.82, 2.24) is 4.90 Å². The molecule has 0 aliphatic heterocycles. The van der Waals surface area contributed by atoms with E-state index in [4.69, 9.17) is 0 Å². The zero-order chi connectivity index (χ0) is 14.9. The first kappa shape index (κ1) is 14.9. The van der Waals surface area contributed by atoms with Crippen molar-refractivity contribution in [2.45, 2.75) is 52.5 Å². The second-order valence-electron chi connectivity index (χ2n) is 6.76. The summed E-state index contributed by atoms with van der Waals surface area (Å²) in [6.45, 7) is 6.38. The number of aromatic hydroxyl groups is 1. The second-order valence-corrected chi connectivity index (χ2v) is 6.76. The first-order valence-electron chi connectivity index (χ1n) is 7.37. The summed E-state index contributed by atoms with van der Waals surface area (Å²) in [5.74, 6) is 0.206. The van der Waals surface area contributed by atoms with E-state index < -0.39 is 0 Å². The van der Waals surface area contributed by atoms with Crippen LogP contribution in [0.15, 0.2) is 18.2 Å². The van der Waals surface area contributed by atoms with Crippen molar-refractivity contribution in [2.24, 2.45) is 5.41 Å². The van der Waals surface area contributed by atoms with Gasteiger partial charge in [-0.1, -0.05) is 19.9 Å². The number of amides is 1. The highest BCUT2D eigenvalue weighted by Gasteiger charge is 2.31. The Kier molecular flexibility index (Phi) is 4.07. The van der Waals surface area contributed by atoms with Crippen LogP contribution in [0.5, 0.6) is 5.75 Å². The predicted molar refractivity (Wildman–Crippen MR) is 81.0 cm³/mol. The third-order valence-corrected chi connectivity index (χ3v) is 4.71. The fourth-order valence-electron chi connectivity index (χ4n) is 2.98. The van der Waals surface area contributed by atoms with Gasteiger partial charge >= 0.3 is 0 Å². The molecule has 0 radical (unpaired) electrons. The number of carbonyl (C=O) groups is 1. The van der Waals surface area contributed by atoms with E-state index in [9.17, 15) is 9.90 Å². The monoisotopic (exact) mass is 275 g/mol. The molecule has 1 aliphatic carbocycles. The number of rotatable bonds is 2. The predicted octanol–water partition coefficient (Wildman–Crippen LogP) is 3.74. The van der Waals surface area contributed by atoms with Gasteiger partial charge in [0.15, 0.2) is 0 Å². The van der Waals surface area contributed by atoms with Gasteiger partial charge in [-0.2, -0.15) is 0 Å². The smallest absolute Gasteiger partial charge is 0.254 e. The van der Waals surface area contributed by atoms with Crippen molar-refractivity contribution in [3.05, 3.63) is 29.3 Å². The standard InChI is InChI=1S/C17H25NO2/c1-12-14(6-5-7-15(12)19)16(20)18(4)13-8-10-17(2,3)11-9-13/h5-7,13,19H,8-11H2,1-4H3. The van der Waals surface area contributed by atoms with Gasteiger partial charge < -0.3 is 10.0 Å². The summed E-state index contributed by atoms with van der Waals surface area (Å²) in [4.78, 5) is 14.5. The van der Waals surface area contributed by atoms with Crippen LogP contribution in [0, 0.1) is 12.3 Å². The largest absolute Gasteiger partial charge is 0.508 e. The maximum absolute atomic E-state index is 12.6. The lowest BCUT2D eigenvalue weighted by Gasteiger charge is -2.38. The van der Waals surface area contributed by atoms with Crippen molar-refractivity contribution >= 4 is 5.91 Å². The van der Waals surface area contributed by atoms with Crippen LogP contribution in [0.25, 0.3) is 0 Å². The van der Waals surface area contributed by atoms with Crippen LogP contribution in [-0.2, 0) is 0 Å². The van der Waals surface area contributed by atoms with Gasteiger partial charge in [0.05, 0.1) is 0 Å². The third-order valence-electron chi connectivity index (χ3n) is 4.71. The van der Waals surface area contributed by atoms with Crippen molar-refractivity contribution in [3.63, 3.8) is 0 Å². The molecule has 0 atom stereocenters. The van der Waals surface area contributed by atoms with Crippen molar-refractivity contribution in [2.75, 3.05) is 7.05 Å². The third kappa shape index (κ3) is 2.97. The zero-order valence-corrected chi connectivity index (χ0v) is 12.9. The van der Waals surface area contributed by atoms with Gasteiger partial charge in [0, 0.05) is 24.2 Å². The summed E-state index contributed by atoms with van der Waals surface area (Å²) < 4.78 is 0. The molecule has 3 heteroatoms. The highest BCUT2D eigenvalue weighted by Crippen LogP contribution is 2.37. The quantitative estimate of drug-likeness (QED) is 0.893. The first-order valence-corrected chi connectivity index (χ1v) is 7.37. The van der Waals surface area contributed by atoms with Crippen molar-refractivity contribution in [3.8, 4) is 5.75 Å². The molecule has 0 heterocycles. The molecule has 1 aromatic rings. The summed E-state index contributed by atoms with van der Waals surface area (Å²) in [7, 11) is 1.88. The average molecular weight is 275 g/mol. The van der Waals surface area contributed by atoms with E-state index in [0.717, 1.165) is 25.7 Å².